The number of hydrogen-bond donors (Lipinski definition) is 2. The number of amides is 1. The van der Waals surface area contributed by atoms with Crippen molar-refractivity contribution in [2.75, 3.05) is 11.9 Å². The summed E-state index contributed by atoms with van der Waals surface area (Å²) in [6.45, 7) is 6.65. The van der Waals surface area contributed by atoms with Crippen molar-refractivity contribution in [3.05, 3.63) is 29.3 Å². The van der Waals surface area contributed by atoms with Gasteiger partial charge >= 0.3 is 0 Å². The maximum atomic E-state index is 11.7. The van der Waals surface area contributed by atoms with Crippen molar-refractivity contribution in [2.45, 2.75) is 26.8 Å². The molecule has 0 bridgehead atoms. The van der Waals surface area contributed by atoms with Gasteiger partial charge in [0.25, 0.3) is 0 Å². The molecule has 1 aromatic carbocycles. The van der Waals surface area contributed by atoms with Gasteiger partial charge < -0.3 is 10.6 Å². The molecule has 1 amide bonds. The molecule has 94 valence electrons. The first-order valence-corrected chi connectivity index (χ1v) is 6.16. The van der Waals surface area contributed by atoms with Gasteiger partial charge in [-0.1, -0.05) is 31.5 Å². The lowest BCUT2D eigenvalue weighted by atomic mass is 10.2. The quantitative estimate of drug-likeness (QED) is 0.848. The van der Waals surface area contributed by atoms with E-state index < -0.39 is 0 Å². The molecule has 1 unspecified atom stereocenters. The second kappa shape index (κ2) is 6.50. The normalized spacial score (nSPS) is 12.3. The van der Waals surface area contributed by atoms with Crippen LogP contribution in [0.1, 0.15) is 20.8 Å². The zero-order valence-corrected chi connectivity index (χ0v) is 11.2. The van der Waals surface area contributed by atoms with Crippen molar-refractivity contribution in [3.8, 4) is 0 Å². The third-order valence-electron chi connectivity index (χ3n) is 2.29. The van der Waals surface area contributed by atoms with Gasteiger partial charge in [-0.15, -0.1) is 0 Å². The molecule has 0 aliphatic carbocycles. The highest BCUT2D eigenvalue weighted by Crippen LogP contribution is 2.15. The molecule has 0 spiro atoms. The SMILES string of the molecule is CC(C)CNC(=O)C(C)Nc1cccc(Cl)c1. The Morgan fingerprint density at radius 1 is 1.35 bits per heavy atom. The van der Waals surface area contributed by atoms with E-state index in [1.54, 1.807) is 12.1 Å². The summed E-state index contributed by atoms with van der Waals surface area (Å²) in [7, 11) is 0. The minimum absolute atomic E-state index is 0.00123. The Bertz CT molecular complexity index is 379. The second-order valence-corrected chi connectivity index (χ2v) is 4.95. The zero-order valence-electron chi connectivity index (χ0n) is 10.5. The van der Waals surface area contributed by atoms with Crippen molar-refractivity contribution < 1.29 is 4.79 Å². The number of hydrogen-bond acceptors (Lipinski definition) is 2. The van der Waals surface area contributed by atoms with Crippen LogP contribution in [0.25, 0.3) is 0 Å². The number of nitrogens with one attached hydrogen (secondary N) is 2. The maximum Gasteiger partial charge on any atom is 0.242 e. The summed E-state index contributed by atoms with van der Waals surface area (Å²) in [6, 6.07) is 7.07. The third-order valence-corrected chi connectivity index (χ3v) is 2.52. The minimum Gasteiger partial charge on any atom is -0.374 e. The van der Waals surface area contributed by atoms with Crippen LogP contribution < -0.4 is 10.6 Å². The number of benzene rings is 1. The molecule has 0 aliphatic heterocycles. The molecule has 1 atom stereocenters. The van der Waals surface area contributed by atoms with E-state index in [2.05, 4.69) is 24.5 Å². The summed E-state index contributed by atoms with van der Waals surface area (Å²) in [6.07, 6.45) is 0. The van der Waals surface area contributed by atoms with Crippen LogP contribution in [0.15, 0.2) is 24.3 Å². The molecule has 17 heavy (non-hydrogen) atoms. The van der Waals surface area contributed by atoms with Crippen LogP contribution in [0.5, 0.6) is 0 Å². The first kappa shape index (κ1) is 13.8. The van der Waals surface area contributed by atoms with Crippen molar-refractivity contribution in [1.82, 2.24) is 5.32 Å². The van der Waals surface area contributed by atoms with E-state index in [-0.39, 0.29) is 11.9 Å². The predicted octanol–water partition coefficient (Wildman–Crippen LogP) is 2.91. The first-order chi connectivity index (χ1) is 7.99. The highest BCUT2D eigenvalue weighted by Gasteiger charge is 2.12. The van der Waals surface area contributed by atoms with Crippen LogP contribution in [0.3, 0.4) is 0 Å². The van der Waals surface area contributed by atoms with Crippen LogP contribution in [-0.2, 0) is 4.79 Å². The van der Waals surface area contributed by atoms with E-state index >= 15 is 0 Å². The second-order valence-electron chi connectivity index (χ2n) is 4.52. The number of carbonyl (C=O) groups is 1. The minimum atomic E-state index is -0.271. The molecule has 0 aliphatic rings. The molecule has 0 saturated heterocycles. The Labute approximate surface area is 108 Å². The van der Waals surface area contributed by atoms with E-state index in [4.69, 9.17) is 11.6 Å². The van der Waals surface area contributed by atoms with Gasteiger partial charge in [0.2, 0.25) is 5.91 Å². The molecule has 1 aromatic rings. The Balaban J connectivity index is 2.48. The average Bonchev–Trinajstić information content (AvgIpc) is 2.25. The van der Waals surface area contributed by atoms with Gasteiger partial charge in [0.1, 0.15) is 6.04 Å². The summed E-state index contributed by atoms with van der Waals surface area (Å²) in [5.41, 5.74) is 0.852. The van der Waals surface area contributed by atoms with Gasteiger partial charge in [0.05, 0.1) is 0 Å². The highest BCUT2D eigenvalue weighted by atomic mass is 35.5. The molecule has 0 fully saturated rings. The molecule has 3 nitrogen and oxygen atoms in total. The molecule has 0 heterocycles. The van der Waals surface area contributed by atoms with Crippen molar-refractivity contribution in [1.29, 1.82) is 0 Å². The molecular formula is C13H19ClN2O. The molecule has 1 rings (SSSR count). The summed E-state index contributed by atoms with van der Waals surface area (Å²) in [5, 5.41) is 6.65. The lowest BCUT2D eigenvalue weighted by Crippen LogP contribution is -2.39. The topological polar surface area (TPSA) is 41.1 Å². The van der Waals surface area contributed by atoms with Crippen molar-refractivity contribution in [3.63, 3.8) is 0 Å². The van der Waals surface area contributed by atoms with Gasteiger partial charge in [0.15, 0.2) is 0 Å². The average molecular weight is 255 g/mol. The maximum absolute atomic E-state index is 11.7. The van der Waals surface area contributed by atoms with Gasteiger partial charge in [0, 0.05) is 17.3 Å². The number of anilines is 1. The summed E-state index contributed by atoms with van der Waals surface area (Å²) >= 11 is 5.87. The fourth-order valence-corrected chi connectivity index (χ4v) is 1.54. The fourth-order valence-electron chi connectivity index (χ4n) is 1.35. The lowest BCUT2D eigenvalue weighted by molar-refractivity contribution is -0.121. The number of halogens is 1. The van der Waals surface area contributed by atoms with Crippen LogP contribution in [0, 0.1) is 5.92 Å². The Morgan fingerprint density at radius 3 is 2.65 bits per heavy atom. The first-order valence-electron chi connectivity index (χ1n) is 5.79. The van der Waals surface area contributed by atoms with E-state index in [0.29, 0.717) is 17.5 Å². The van der Waals surface area contributed by atoms with Gasteiger partial charge in [-0.05, 0) is 31.0 Å². The number of rotatable bonds is 5. The van der Waals surface area contributed by atoms with E-state index in [0.717, 1.165) is 5.69 Å². The molecule has 2 N–H and O–H groups in total. The third kappa shape index (κ3) is 5.09. The molecular weight excluding hydrogens is 236 g/mol. The standard InChI is InChI=1S/C13H19ClN2O/c1-9(2)8-15-13(17)10(3)16-12-6-4-5-11(14)7-12/h4-7,9-10,16H,8H2,1-3H3,(H,15,17). The molecule has 0 saturated carbocycles. The summed E-state index contributed by atoms with van der Waals surface area (Å²) < 4.78 is 0. The van der Waals surface area contributed by atoms with Crippen molar-refractivity contribution >= 4 is 23.2 Å². The van der Waals surface area contributed by atoms with Gasteiger partial charge in [-0.25, -0.2) is 0 Å². The summed E-state index contributed by atoms with van der Waals surface area (Å²) in [4.78, 5) is 11.7. The smallest absolute Gasteiger partial charge is 0.242 e. The Kier molecular flexibility index (Phi) is 5.29. The molecule has 4 heteroatoms. The number of carbonyl (C=O) groups excluding carboxylic acids is 1. The molecule has 0 radical (unpaired) electrons. The fraction of sp³-hybridized carbons (Fsp3) is 0.462. The van der Waals surface area contributed by atoms with Crippen LogP contribution in [0.4, 0.5) is 5.69 Å². The van der Waals surface area contributed by atoms with Gasteiger partial charge in [-0.2, -0.15) is 0 Å². The van der Waals surface area contributed by atoms with E-state index in [1.807, 2.05) is 19.1 Å². The highest BCUT2D eigenvalue weighted by molar-refractivity contribution is 6.30. The Hall–Kier alpha value is -1.22. The Morgan fingerprint density at radius 2 is 2.06 bits per heavy atom. The van der Waals surface area contributed by atoms with Crippen LogP contribution in [0.2, 0.25) is 5.02 Å². The molecule has 0 aromatic heterocycles. The van der Waals surface area contributed by atoms with E-state index in [1.165, 1.54) is 0 Å². The zero-order chi connectivity index (χ0) is 12.8. The van der Waals surface area contributed by atoms with Gasteiger partial charge in [-0.3, -0.25) is 4.79 Å². The van der Waals surface area contributed by atoms with Crippen LogP contribution in [-0.4, -0.2) is 18.5 Å². The van der Waals surface area contributed by atoms with Crippen molar-refractivity contribution in [2.24, 2.45) is 5.92 Å². The summed E-state index contributed by atoms with van der Waals surface area (Å²) in [5.74, 6) is 0.455. The van der Waals surface area contributed by atoms with Crippen LogP contribution >= 0.6 is 11.6 Å². The lowest BCUT2D eigenvalue weighted by Gasteiger charge is -2.16. The monoisotopic (exact) mass is 254 g/mol. The predicted molar refractivity (Wildman–Crippen MR) is 72.4 cm³/mol. The van der Waals surface area contributed by atoms with E-state index in [9.17, 15) is 4.79 Å². The largest absolute Gasteiger partial charge is 0.374 e.